The van der Waals surface area contributed by atoms with Crippen LogP contribution < -0.4 is 10.2 Å². The lowest BCUT2D eigenvalue weighted by atomic mass is 9.98. The number of amides is 1. The molecule has 0 bridgehead atoms. The highest BCUT2D eigenvalue weighted by Crippen LogP contribution is 2.38. The Kier molecular flexibility index (Phi) is 6.93. The topological polar surface area (TPSA) is 59.8 Å². The molecular weight excluding hydrogens is 402 g/mol. The fraction of sp³-hybridized carbons (Fsp3) is 0.407. The van der Waals surface area contributed by atoms with Gasteiger partial charge in [0.05, 0.1) is 23.6 Å². The minimum atomic E-state index is -0.441. The first-order valence-electron chi connectivity index (χ1n) is 11.7. The molecule has 0 N–H and O–H groups in total. The molecule has 0 aliphatic carbocycles. The van der Waals surface area contributed by atoms with Gasteiger partial charge in [-0.15, -0.1) is 0 Å². The first kappa shape index (κ1) is 22.1. The number of para-hydroxylation sites is 1. The van der Waals surface area contributed by atoms with Crippen LogP contribution in [0.5, 0.6) is 5.75 Å². The summed E-state index contributed by atoms with van der Waals surface area (Å²) in [5, 5.41) is 0.508. The van der Waals surface area contributed by atoms with Crippen LogP contribution in [0.2, 0.25) is 0 Å². The molecule has 0 radical (unpaired) electrons. The van der Waals surface area contributed by atoms with Gasteiger partial charge in [0.25, 0.3) is 5.91 Å². The maximum absolute atomic E-state index is 13.4. The maximum atomic E-state index is 13.4. The Morgan fingerprint density at radius 3 is 2.41 bits per heavy atom. The minimum absolute atomic E-state index is 0.129. The Balaban J connectivity index is 1.66. The second-order valence-corrected chi connectivity index (χ2v) is 8.40. The van der Waals surface area contributed by atoms with Crippen LogP contribution in [0, 0.1) is 0 Å². The molecule has 1 unspecified atom stereocenters. The molecule has 5 heteroatoms. The quantitative estimate of drug-likeness (QED) is 0.363. The van der Waals surface area contributed by atoms with E-state index >= 15 is 0 Å². The summed E-state index contributed by atoms with van der Waals surface area (Å²) >= 11 is 0. The van der Waals surface area contributed by atoms with Gasteiger partial charge < -0.3 is 14.1 Å². The number of nitrogens with zero attached hydrogens (tertiary/aromatic N) is 1. The van der Waals surface area contributed by atoms with Crippen LogP contribution in [-0.2, 0) is 0 Å². The molecule has 5 nitrogen and oxygen atoms in total. The van der Waals surface area contributed by atoms with E-state index in [-0.39, 0.29) is 17.1 Å². The number of unbranched alkanes of at least 4 members (excludes halogenated alkanes) is 4. The van der Waals surface area contributed by atoms with Gasteiger partial charge in [-0.3, -0.25) is 9.59 Å². The van der Waals surface area contributed by atoms with Gasteiger partial charge in [0.2, 0.25) is 5.76 Å². The van der Waals surface area contributed by atoms with E-state index < -0.39 is 6.04 Å². The van der Waals surface area contributed by atoms with Gasteiger partial charge in [0.15, 0.2) is 5.43 Å². The van der Waals surface area contributed by atoms with E-state index in [2.05, 4.69) is 13.8 Å². The van der Waals surface area contributed by atoms with E-state index in [4.69, 9.17) is 9.15 Å². The average molecular weight is 434 g/mol. The summed E-state index contributed by atoms with van der Waals surface area (Å²) in [6.07, 6.45) is 6.46. The Bertz CT molecular complexity index is 1130. The molecule has 1 amide bonds. The molecule has 1 aliphatic rings. The number of carbonyl (C=O) groups is 1. The van der Waals surface area contributed by atoms with Gasteiger partial charge in [-0.2, -0.15) is 0 Å². The van der Waals surface area contributed by atoms with Crippen molar-refractivity contribution < 1.29 is 13.9 Å². The highest BCUT2D eigenvalue weighted by Gasteiger charge is 2.42. The molecule has 2 heterocycles. The molecule has 3 aromatic rings. The Morgan fingerprint density at radius 1 is 0.906 bits per heavy atom. The molecule has 1 aliphatic heterocycles. The lowest BCUT2D eigenvalue weighted by molar-refractivity contribution is 0.0725. The molecule has 0 saturated carbocycles. The molecular formula is C27H31NO4. The van der Waals surface area contributed by atoms with Gasteiger partial charge in [0, 0.05) is 6.54 Å². The second kappa shape index (κ2) is 10.0. The summed E-state index contributed by atoms with van der Waals surface area (Å²) in [6, 6.07) is 14.5. The number of carbonyl (C=O) groups excluding carboxylic acids is 1. The molecule has 1 aromatic heterocycles. The highest BCUT2D eigenvalue weighted by atomic mass is 16.5. The first-order valence-corrected chi connectivity index (χ1v) is 11.7. The third kappa shape index (κ3) is 4.29. The number of hydrogen-bond donors (Lipinski definition) is 0. The van der Waals surface area contributed by atoms with Crippen LogP contribution in [0.3, 0.4) is 0 Å². The Hall–Kier alpha value is -3.08. The summed E-state index contributed by atoms with van der Waals surface area (Å²) in [5.41, 5.74) is 1.66. The predicted molar refractivity (Wildman–Crippen MR) is 126 cm³/mol. The van der Waals surface area contributed by atoms with Crippen molar-refractivity contribution in [2.75, 3.05) is 13.2 Å². The van der Waals surface area contributed by atoms with Crippen molar-refractivity contribution in [2.45, 2.75) is 58.4 Å². The molecule has 168 valence electrons. The molecule has 4 rings (SSSR count). The Labute approximate surface area is 189 Å². The van der Waals surface area contributed by atoms with E-state index in [9.17, 15) is 9.59 Å². The predicted octanol–water partition coefficient (Wildman–Crippen LogP) is 6.10. The lowest BCUT2D eigenvalue weighted by Gasteiger charge is -2.25. The number of fused-ring (bicyclic) bond motifs is 2. The third-order valence-electron chi connectivity index (χ3n) is 6.09. The van der Waals surface area contributed by atoms with Crippen molar-refractivity contribution in [3.63, 3.8) is 0 Å². The molecule has 2 aromatic carbocycles. The smallest absolute Gasteiger partial charge is 0.290 e. The van der Waals surface area contributed by atoms with Crippen LogP contribution in [0.4, 0.5) is 0 Å². The normalized spacial score (nSPS) is 15.4. The zero-order valence-electron chi connectivity index (χ0n) is 18.9. The SMILES string of the molecule is CCCCCCOc1ccc(C2c3c(oc4ccccc4c3=O)C(=O)N2CCCC)cc1. The van der Waals surface area contributed by atoms with Crippen molar-refractivity contribution in [2.24, 2.45) is 0 Å². The number of ether oxygens (including phenoxy) is 1. The fourth-order valence-corrected chi connectivity index (χ4v) is 4.34. The van der Waals surface area contributed by atoms with Crippen molar-refractivity contribution in [1.82, 2.24) is 4.90 Å². The molecule has 32 heavy (non-hydrogen) atoms. The minimum Gasteiger partial charge on any atom is -0.494 e. The van der Waals surface area contributed by atoms with Gasteiger partial charge >= 0.3 is 0 Å². The standard InChI is InChI=1S/C27H31NO4/c1-3-5-7-10-18-31-20-15-13-19(14-16-20)24-23-25(29)21-11-8-9-12-22(21)32-26(23)27(30)28(24)17-6-4-2/h8-9,11-16,24H,3-7,10,17-18H2,1-2H3. The molecule has 1 atom stereocenters. The zero-order chi connectivity index (χ0) is 22.5. The van der Waals surface area contributed by atoms with E-state index in [1.54, 1.807) is 17.0 Å². The van der Waals surface area contributed by atoms with E-state index in [1.165, 1.54) is 19.3 Å². The fourth-order valence-electron chi connectivity index (χ4n) is 4.34. The largest absolute Gasteiger partial charge is 0.494 e. The van der Waals surface area contributed by atoms with Crippen LogP contribution in [-0.4, -0.2) is 24.0 Å². The van der Waals surface area contributed by atoms with Gasteiger partial charge in [-0.05, 0) is 42.7 Å². The van der Waals surface area contributed by atoms with E-state index in [1.807, 2.05) is 36.4 Å². The number of benzene rings is 2. The van der Waals surface area contributed by atoms with Crippen molar-refractivity contribution in [1.29, 1.82) is 0 Å². The average Bonchev–Trinajstić information content (AvgIpc) is 3.10. The zero-order valence-corrected chi connectivity index (χ0v) is 18.9. The number of hydrogen-bond acceptors (Lipinski definition) is 4. The first-order chi connectivity index (χ1) is 15.7. The summed E-state index contributed by atoms with van der Waals surface area (Å²) < 4.78 is 11.8. The summed E-state index contributed by atoms with van der Waals surface area (Å²) in [5.74, 6) is 0.768. The van der Waals surface area contributed by atoms with Gasteiger partial charge in [-0.1, -0.05) is 63.8 Å². The summed E-state index contributed by atoms with van der Waals surface area (Å²) in [4.78, 5) is 28.4. The van der Waals surface area contributed by atoms with E-state index in [0.29, 0.717) is 29.7 Å². The van der Waals surface area contributed by atoms with Crippen molar-refractivity contribution >= 4 is 16.9 Å². The molecule has 0 spiro atoms. The third-order valence-corrected chi connectivity index (χ3v) is 6.09. The molecule has 0 saturated heterocycles. The highest BCUT2D eigenvalue weighted by molar-refractivity contribution is 5.99. The summed E-state index contributed by atoms with van der Waals surface area (Å²) in [6.45, 7) is 5.56. The Morgan fingerprint density at radius 2 is 1.66 bits per heavy atom. The van der Waals surface area contributed by atoms with Crippen molar-refractivity contribution in [3.8, 4) is 5.75 Å². The van der Waals surface area contributed by atoms with Gasteiger partial charge in [0.1, 0.15) is 11.3 Å². The summed E-state index contributed by atoms with van der Waals surface area (Å²) in [7, 11) is 0. The monoisotopic (exact) mass is 433 g/mol. The van der Waals surface area contributed by atoms with Gasteiger partial charge in [-0.25, -0.2) is 0 Å². The second-order valence-electron chi connectivity index (χ2n) is 8.40. The number of rotatable bonds is 10. The van der Waals surface area contributed by atoms with Crippen LogP contribution in [0.25, 0.3) is 11.0 Å². The van der Waals surface area contributed by atoms with Crippen LogP contribution in [0.15, 0.2) is 57.7 Å². The maximum Gasteiger partial charge on any atom is 0.290 e. The van der Waals surface area contributed by atoms with E-state index in [0.717, 1.165) is 30.6 Å². The lowest BCUT2D eigenvalue weighted by Crippen LogP contribution is -2.30. The van der Waals surface area contributed by atoms with Crippen molar-refractivity contribution in [3.05, 3.63) is 75.6 Å². The van der Waals surface area contributed by atoms with Crippen LogP contribution in [0.1, 0.15) is 80.1 Å². The molecule has 0 fully saturated rings. The van der Waals surface area contributed by atoms with Crippen LogP contribution >= 0.6 is 0 Å².